The van der Waals surface area contributed by atoms with Crippen LogP contribution in [0.5, 0.6) is 0 Å². The zero-order valence-electron chi connectivity index (χ0n) is 15.7. The van der Waals surface area contributed by atoms with Crippen molar-refractivity contribution in [3.63, 3.8) is 0 Å². The molecule has 1 N–H and O–H groups in total. The Bertz CT molecular complexity index is 951. The predicted molar refractivity (Wildman–Crippen MR) is 110 cm³/mol. The van der Waals surface area contributed by atoms with Crippen molar-refractivity contribution in [1.82, 2.24) is 15.2 Å². The van der Waals surface area contributed by atoms with Gasteiger partial charge in [0.2, 0.25) is 5.91 Å². The molecule has 0 unspecified atom stereocenters. The average molecular weight is 382 g/mol. The predicted octanol–water partition coefficient (Wildman–Crippen LogP) is 3.95. The first-order valence-corrected chi connectivity index (χ1v) is 9.90. The Labute approximate surface area is 163 Å². The van der Waals surface area contributed by atoms with Crippen LogP contribution in [0, 0.1) is 0 Å². The van der Waals surface area contributed by atoms with Gasteiger partial charge in [-0.1, -0.05) is 24.3 Å². The van der Waals surface area contributed by atoms with Crippen molar-refractivity contribution >= 4 is 34.1 Å². The smallest absolute Gasteiger partial charge is 0.255 e. The second-order valence-electron chi connectivity index (χ2n) is 6.59. The van der Waals surface area contributed by atoms with E-state index in [2.05, 4.69) is 5.32 Å². The minimum absolute atomic E-state index is 0.0402. The number of rotatable bonds is 6. The number of nitrogens with zero attached hydrogens (tertiary/aromatic N) is 2. The summed E-state index contributed by atoms with van der Waals surface area (Å²) in [7, 11) is 0. The van der Waals surface area contributed by atoms with Crippen LogP contribution in [0.25, 0.3) is 21.5 Å². The van der Waals surface area contributed by atoms with Gasteiger partial charge < -0.3 is 10.2 Å². The highest BCUT2D eigenvalue weighted by molar-refractivity contribution is 7.13. The van der Waals surface area contributed by atoms with E-state index in [4.69, 9.17) is 4.98 Å². The highest BCUT2D eigenvalue weighted by Crippen LogP contribution is 2.28. The lowest BCUT2D eigenvalue weighted by Crippen LogP contribution is -2.42. The maximum absolute atomic E-state index is 13.3. The van der Waals surface area contributed by atoms with Crippen molar-refractivity contribution < 1.29 is 9.59 Å². The molecule has 3 aromatic rings. The number of thiophene rings is 1. The van der Waals surface area contributed by atoms with E-state index in [1.807, 2.05) is 68.6 Å². The number of aromatic nitrogens is 1. The van der Waals surface area contributed by atoms with Gasteiger partial charge in [-0.15, -0.1) is 11.3 Å². The van der Waals surface area contributed by atoms with Crippen LogP contribution in [0.15, 0.2) is 47.8 Å². The summed E-state index contributed by atoms with van der Waals surface area (Å²) in [5.41, 5.74) is 2.12. The molecular weight excluding hydrogens is 358 g/mol. The molecule has 6 heteroatoms. The topological polar surface area (TPSA) is 62.3 Å². The van der Waals surface area contributed by atoms with Gasteiger partial charge in [0.05, 0.1) is 28.2 Å². The van der Waals surface area contributed by atoms with E-state index in [9.17, 15) is 9.59 Å². The molecule has 140 valence electrons. The van der Waals surface area contributed by atoms with Gasteiger partial charge in [0.15, 0.2) is 0 Å². The van der Waals surface area contributed by atoms with Gasteiger partial charge >= 0.3 is 0 Å². The van der Waals surface area contributed by atoms with E-state index in [-0.39, 0.29) is 24.4 Å². The number of likely N-dealkylation sites (N-methyl/N-ethyl adjacent to an activating group) is 1. The lowest BCUT2D eigenvalue weighted by atomic mass is 10.1. The van der Waals surface area contributed by atoms with Gasteiger partial charge in [-0.25, -0.2) is 4.98 Å². The molecule has 2 amide bonds. The maximum Gasteiger partial charge on any atom is 0.255 e. The lowest BCUT2D eigenvalue weighted by molar-refractivity contribution is -0.122. The van der Waals surface area contributed by atoms with Crippen LogP contribution >= 0.6 is 11.3 Å². The van der Waals surface area contributed by atoms with Crippen molar-refractivity contribution in [3.8, 4) is 10.6 Å². The molecule has 0 saturated heterocycles. The van der Waals surface area contributed by atoms with Crippen LogP contribution in [0.1, 0.15) is 31.1 Å². The zero-order valence-corrected chi connectivity index (χ0v) is 16.5. The molecule has 0 bridgehead atoms. The fourth-order valence-corrected chi connectivity index (χ4v) is 3.63. The number of amides is 2. The summed E-state index contributed by atoms with van der Waals surface area (Å²) in [6.07, 6.45) is 0. The molecule has 0 saturated carbocycles. The minimum atomic E-state index is -0.159. The van der Waals surface area contributed by atoms with Crippen LogP contribution in [0.3, 0.4) is 0 Å². The fourth-order valence-electron chi connectivity index (χ4n) is 2.94. The van der Waals surface area contributed by atoms with E-state index in [0.29, 0.717) is 12.1 Å². The Morgan fingerprint density at radius 3 is 2.63 bits per heavy atom. The SMILES string of the molecule is CCN(CC(=O)NC(C)C)C(=O)c1cc(-c2cccs2)nc2ccccc12. The third-order valence-corrected chi connectivity index (χ3v) is 5.07. The van der Waals surface area contributed by atoms with E-state index < -0.39 is 0 Å². The largest absolute Gasteiger partial charge is 0.352 e. The van der Waals surface area contributed by atoms with Crippen LogP contribution in [0.2, 0.25) is 0 Å². The third-order valence-electron chi connectivity index (χ3n) is 4.17. The second kappa shape index (κ2) is 8.31. The molecule has 3 rings (SSSR count). The van der Waals surface area contributed by atoms with Crippen LogP contribution < -0.4 is 5.32 Å². The van der Waals surface area contributed by atoms with Gasteiger partial charge in [0.25, 0.3) is 5.91 Å². The summed E-state index contributed by atoms with van der Waals surface area (Å²) in [4.78, 5) is 32.7. The molecular formula is C21H23N3O2S. The monoisotopic (exact) mass is 381 g/mol. The number of nitrogens with one attached hydrogen (secondary N) is 1. The lowest BCUT2D eigenvalue weighted by Gasteiger charge is -2.22. The Kier molecular flexibility index (Phi) is 5.86. The van der Waals surface area contributed by atoms with Crippen molar-refractivity contribution in [2.75, 3.05) is 13.1 Å². The Morgan fingerprint density at radius 1 is 1.19 bits per heavy atom. The Balaban J connectivity index is 2.00. The number of hydrogen-bond acceptors (Lipinski definition) is 4. The van der Waals surface area contributed by atoms with Crippen molar-refractivity contribution in [2.24, 2.45) is 0 Å². The number of pyridine rings is 1. The first-order chi connectivity index (χ1) is 13.0. The summed E-state index contributed by atoms with van der Waals surface area (Å²) < 4.78 is 0. The summed E-state index contributed by atoms with van der Waals surface area (Å²) in [6.45, 7) is 6.18. The van der Waals surface area contributed by atoms with Crippen molar-refractivity contribution in [2.45, 2.75) is 26.8 Å². The van der Waals surface area contributed by atoms with Crippen molar-refractivity contribution in [3.05, 3.63) is 53.4 Å². The Morgan fingerprint density at radius 2 is 1.96 bits per heavy atom. The highest BCUT2D eigenvalue weighted by atomic mass is 32.1. The zero-order chi connectivity index (χ0) is 19.4. The highest BCUT2D eigenvalue weighted by Gasteiger charge is 2.21. The van der Waals surface area contributed by atoms with E-state index in [1.54, 1.807) is 16.2 Å². The quantitative estimate of drug-likeness (QED) is 0.703. The fraction of sp³-hybridized carbons (Fsp3) is 0.286. The van der Waals surface area contributed by atoms with Crippen molar-refractivity contribution in [1.29, 1.82) is 0 Å². The number of hydrogen-bond donors (Lipinski definition) is 1. The second-order valence-corrected chi connectivity index (χ2v) is 7.54. The number of benzene rings is 1. The normalized spacial score (nSPS) is 11.0. The van der Waals surface area contributed by atoms with Gasteiger partial charge in [-0.2, -0.15) is 0 Å². The van der Waals surface area contributed by atoms with Gasteiger partial charge in [-0.05, 0) is 44.4 Å². The molecule has 27 heavy (non-hydrogen) atoms. The molecule has 0 radical (unpaired) electrons. The number of para-hydroxylation sites is 1. The van der Waals surface area contributed by atoms with E-state index >= 15 is 0 Å². The van der Waals surface area contributed by atoms with Gasteiger partial charge in [-0.3, -0.25) is 9.59 Å². The first kappa shape index (κ1) is 19.0. The first-order valence-electron chi connectivity index (χ1n) is 9.02. The molecule has 5 nitrogen and oxygen atoms in total. The van der Waals surface area contributed by atoms with Gasteiger partial charge in [0.1, 0.15) is 0 Å². The minimum Gasteiger partial charge on any atom is -0.352 e. The maximum atomic E-state index is 13.3. The third kappa shape index (κ3) is 4.34. The molecule has 0 spiro atoms. The van der Waals surface area contributed by atoms with E-state index in [1.165, 1.54) is 0 Å². The molecule has 1 aromatic carbocycles. The van der Waals surface area contributed by atoms with Crippen LogP contribution in [-0.2, 0) is 4.79 Å². The van der Waals surface area contributed by atoms with Crippen LogP contribution in [0.4, 0.5) is 0 Å². The molecule has 0 aliphatic carbocycles. The molecule has 2 aromatic heterocycles. The molecule has 0 fully saturated rings. The molecule has 0 aliphatic rings. The molecule has 2 heterocycles. The number of carbonyl (C=O) groups is 2. The summed E-state index contributed by atoms with van der Waals surface area (Å²) in [5.74, 6) is -0.315. The van der Waals surface area contributed by atoms with Crippen LogP contribution in [-0.4, -0.2) is 40.8 Å². The number of carbonyl (C=O) groups excluding carboxylic acids is 2. The number of fused-ring (bicyclic) bond motifs is 1. The standard InChI is InChI=1S/C21H23N3O2S/c1-4-24(13-20(25)22-14(2)3)21(26)16-12-18(19-10-7-11-27-19)23-17-9-6-5-8-15(16)17/h5-12,14H,4,13H2,1-3H3,(H,22,25). The summed E-state index contributed by atoms with van der Waals surface area (Å²) in [5, 5.41) is 5.63. The summed E-state index contributed by atoms with van der Waals surface area (Å²) in [6, 6.07) is 13.4. The molecule has 0 aliphatic heterocycles. The van der Waals surface area contributed by atoms with Gasteiger partial charge in [0, 0.05) is 18.0 Å². The molecule has 0 atom stereocenters. The van der Waals surface area contributed by atoms with E-state index in [0.717, 1.165) is 21.5 Å². The average Bonchev–Trinajstić information content (AvgIpc) is 3.19. The summed E-state index contributed by atoms with van der Waals surface area (Å²) >= 11 is 1.59. The Hall–Kier alpha value is -2.73.